The highest BCUT2D eigenvalue weighted by Crippen LogP contribution is 2.40. The highest BCUT2D eigenvalue weighted by Gasteiger charge is 2.29. The van der Waals surface area contributed by atoms with Crippen LogP contribution in [-0.2, 0) is 19.9 Å². The number of rotatable bonds is 9. The second-order valence-electron chi connectivity index (χ2n) is 12.7. The van der Waals surface area contributed by atoms with Crippen LogP contribution in [0.4, 0.5) is 5.69 Å². The van der Waals surface area contributed by atoms with Crippen LogP contribution < -0.4 is 4.90 Å². The quantitative estimate of drug-likeness (QED) is 0.154. The molecule has 1 aliphatic rings. The largest absolute Gasteiger partial charge is 0.477 e. The van der Waals surface area contributed by atoms with E-state index in [9.17, 15) is 14.7 Å². The summed E-state index contributed by atoms with van der Waals surface area (Å²) in [5.74, 6) is -1.11. The van der Waals surface area contributed by atoms with E-state index in [0.29, 0.717) is 36.9 Å². The van der Waals surface area contributed by atoms with Crippen LogP contribution in [0.1, 0.15) is 67.5 Å². The number of carboxylic acid groups (broad SMARTS) is 1. The Balaban J connectivity index is 1.30. The number of H-pyrrole nitrogens is 1. The Morgan fingerprint density at radius 2 is 1.60 bits per heavy atom. The maximum atomic E-state index is 14.3. The van der Waals surface area contributed by atoms with Crippen molar-refractivity contribution in [2.24, 2.45) is 7.05 Å². The van der Waals surface area contributed by atoms with E-state index in [0.717, 1.165) is 86.5 Å². The van der Waals surface area contributed by atoms with Gasteiger partial charge in [0.1, 0.15) is 11.4 Å². The number of unbranched alkanes of at least 4 members (excludes halogenated alkanes) is 1. The number of halogens is 2. The van der Waals surface area contributed by atoms with Crippen molar-refractivity contribution in [2.45, 2.75) is 53.4 Å². The summed E-state index contributed by atoms with van der Waals surface area (Å²) in [6.07, 6.45) is 5.03. The first-order chi connectivity index (χ1) is 22.9. The molecule has 0 radical (unpaired) electrons. The maximum absolute atomic E-state index is 14.3. The summed E-state index contributed by atoms with van der Waals surface area (Å²) in [4.78, 5) is 37.3. The molecule has 6 rings (SSSR count). The van der Waals surface area contributed by atoms with E-state index in [1.54, 1.807) is 12.1 Å². The monoisotopic (exact) mass is 686 g/mol. The van der Waals surface area contributed by atoms with E-state index in [-0.39, 0.29) is 11.6 Å². The topological polar surface area (TPSA) is 107 Å². The molecular weight excluding hydrogens is 647 g/mol. The van der Waals surface area contributed by atoms with Crippen LogP contribution in [0.25, 0.3) is 22.0 Å². The van der Waals surface area contributed by atoms with Crippen LogP contribution in [0.5, 0.6) is 0 Å². The average molecular weight is 688 g/mol. The van der Waals surface area contributed by atoms with Gasteiger partial charge in [0.15, 0.2) is 0 Å². The van der Waals surface area contributed by atoms with E-state index < -0.39 is 5.97 Å². The van der Waals surface area contributed by atoms with Crippen molar-refractivity contribution in [2.75, 3.05) is 31.1 Å². The molecule has 0 spiro atoms. The third-order valence-corrected chi connectivity index (χ3v) is 10.4. The molecule has 9 nitrogen and oxygen atoms in total. The molecule has 11 heteroatoms. The van der Waals surface area contributed by atoms with E-state index >= 15 is 0 Å². The molecule has 1 saturated heterocycles. The van der Waals surface area contributed by atoms with Crippen molar-refractivity contribution in [3.63, 3.8) is 0 Å². The van der Waals surface area contributed by atoms with Gasteiger partial charge < -0.3 is 19.9 Å². The Bertz CT molecular complexity index is 2020. The summed E-state index contributed by atoms with van der Waals surface area (Å²) >= 11 is 13.3. The number of carbonyl (C=O) groups excluding carboxylic acids is 1. The zero-order chi connectivity index (χ0) is 34.3. The smallest absolute Gasteiger partial charge is 0.354 e. The molecule has 2 aromatic carbocycles. The lowest BCUT2D eigenvalue weighted by Crippen LogP contribution is -2.49. The summed E-state index contributed by atoms with van der Waals surface area (Å²) in [7, 11) is 1.92. The molecule has 0 unspecified atom stereocenters. The molecule has 48 heavy (non-hydrogen) atoms. The number of aromatic carboxylic acids is 1. The zero-order valence-corrected chi connectivity index (χ0v) is 29.5. The number of fused-ring (bicyclic) bond motifs is 1. The lowest BCUT2D eigenvalue weighted by Gasteiger charge is -2.36. The van der Waals surface area contributed by atoms with Gasteiger partial charge in [-0.3, -0.25) is 9.48 Å². The van der Waals surface area contributed by atoms with Gasteiger partial charge in [-0.25, -0.2) is 9.78 Å². The molecule has 0 saturated carbocycles. The van der Waals surface area contributed by atoms with Crippen LogP contribution in [0.15, 0.2) is 42.6 Å². The van der Waals surface area contributed by atoms with Gasteiger partial charge >= 0.3 is 5.97 Å². The first-order valence-electron chi connectivity index (χ1n) is 16.3. The Morgan fingerprint density at radius 1 is 0.917 bits per heavy atom. The van der Waals surface area contributed by atoms with Crippen molar-refractivity contribution in [1.29, 1.82) is 0 Å². The van der Waals surface area contributed by atoms with Crippen molar-refractivity contribution in [1.82, 2.24) is 24.6 Å². The van der Waals surface area contributed by atoms with Gasteiger partial charge in [0.05, 0.1) is 16.2 Å². The van der Waals surface area contributed by atoms with Crippen molar-refractivity contribution in [3.05, 3.63) is 97.7 Å². The highest BCUT2D eigenvalue weighted by molar-refractivity contribution is 6.35. The minimum atomic E-state index is -1.06. The van der Waals surface area contributed by atoms with E-state index in [2.05, 4.69) is 32.1 Å². The molecular formula is C37H40Cl2N6O3. The summed E-state index contributed by atoms with van der Waals surface area (Å²) in [5, 5.41) is 16.5. The number of anilines is 1. The number of pyridine rings is 1. The molecule has 3 aromatic heterocycles. The van der Waals surface area contributed by atoms with Gasteiger partial charge in [0, 0.05) is 72.3 Å². The Hall–Kier alpha value is -4.34. The molecule has 1 fully saturated rings. The van der Waals surface area contributed by atoms with E-state index in [4.69, 9.17) is 23.2 Å². The number of carboxylic acids is 1. The molecule has 2 N–H and O–H groups in total. The number of hydrogen-bond acceptors (Lipinski definition) is 5. The SMILES string of the molecule is Cc1cc(CCCCc2c(C(=O)N3CCN(c4ccnc(C(=O)O)c4)CC3)[nH]c3c(-c4c(C)nn(C)c4C)c(Cl)ccc23)cc(C)c1Cl. The van der Waals surface area contributed by atoms with E-state index in [1.165, 1.54) is 11.8 Å². The normalized spacial score (nSPS) is 13.5. The lowest BCUT2D eigenvalue weighted by molar-refractivity contribution is 0.0689. The van der Waals surface area contributed by atoms with Crippen molar-refractivity contribution >= 4 is 51.7 Å². The fourth-order valence-electron chi connectivity index (χ4n) is 6.99. The number of piperazine rings is 1. The van der Waals surface area contributed by atoms with Crippen LogP contribution in [0, 0.1) is 27.7 Å². The van der Waals surface area contributed by atoms with Crippen LogP contribution in [0.3, 0.4) is 0 Å². The number of benzene rings is 2. The number of nitrogens with one attached hydrogen (secondary N) is 1. The molecule has 0 aliphatic carbocycles. The maximum Gasteiger partial charge on any atom is 0.354 e. The number of aryl methyl sites for hydroxylation is 6. The summed E-state index contributed by atoms with van der Waals surface area (Å²) < 4.78 is 1.86. The van der Waals surface area contributed by atoms with Gasteiger partial charge in [-0.15, -0.1) is 0 Å². The number of amides is 1. The summed E-state index contributed by atoms with van der Waals surface area (Å²) in [6.45, 7) is 10.3. The van der Waals surface area contributed by atoms with Gasteiger partial charge in [0.25, 0.3) is 5.91 Å². The highest BCUT2D eigenvalue weighted by atomic mass is 35.5. The van der Waals surface area contributed by atoms with Gasteiger partial charge in [-0.05, 0) is 93.8 Å². The average Bonchev–Trinajstić information content (AvgIpc) is 3.56. The van der Waals surface area contributed by atoms with Gasteiger partial charge in [0.2, 0.25) is 0 Å². The molecule has 4 heterocycles. The lowest BCUT2D eigenvalue weighted by atomic mass is 9.96. The number of hydrogen-bond donors (Lipinski definition) is 2. The third kappa shape index (κ3) is 6.41. The van der Waals surface area contributed by atoms with Gasteiger partial charge in [-0.1, -0.05) is 41.4 Å². The zero-order valence-electron chi connectivity index (χ0n) is 28.0. The van der Waals surface area contributed by atoms with Crippen LogP contribution >= 0.6 is 23.2 Å². The second kappa shape index (κ2) is 13.6. The van der Waals surface area contributed by atoms with E-state index in [1.807, 2.05) is 56.5 Å². The minimum absolute atomic E-state index is 0.00334. The first kappa shape index (κ1) is 33.6. The minimum Gasteiger partial charge on any atom is -0.477 e. The number of nitrogens with zero attached hydrogens (tertiary/aromatic N) is 5. The van der Waals surface area contributed by atoms with Gasteiger partial charge in [-0.2, -0.15) is 5.10 Å². The summed E-state index contributed by atoms with van der Waals surface area (Å²) in [5.41, 5.74) is 10.4. The second-order valence-corrected chi connectivity index (χ2v) is 13.5. The standard InChI is InChI=1S/C37H40Cl2N6O3/c1-21-18-25(19-22(2)33(21)39)8-6-7-9-27-28-10-11-29(38)32(31-23(3)42-43(5)24(31)4)34(28)41-35(27)36(46)45-16-14-44(15-17-45)26-12-13-40-30(20-26)37(47)48/h10-13,18-20,41H,6-9,14-17H2,1-5H3,(H,47,48). The predicted octanol–water partition coefficient (Wildman–Crippen LogP) is 7.73. The Kier molecular flexibility index (Phi) is 9.54. The van der Waals surface area contributed by atoms with Crippen molar-refractivity contribution in [3.8, 4) is 11.1 Å². The van der Waals surface area contributed by atoms with Crippen LogP contribution in [-0.4, -0.2) is 67.8 Å². The molecule has 250 valence electrons. The van der Waals surface area contributed by atoms with Crippen LogP contribution in [0.2, 0.25) is 10.0 Å². The molecule has 0 atom stereocenters. The molecule has 1 amide bonds. The summed E-state index contributed by atoms with van der Waals surface area (Å²) in [6, 6.07) is 11.7. The number of aromatic nitrogens is 4. The predicted molar refractivity (Wildman–Crippen MR) is 192 cm³/mol. The fraction of sp³-hybridized carbons (Fsp3) is 0.351. The fourth-order valence-corrected chi connectivity index (χ4v) is 7.35. The molecule has 5 aromatic rings. The first-order valence-corrected chi connectivity index (χ1v) is 17.0. The third-order valence-electron chi connectivity index (χ3n) is 9.54. The number of carbonyl (C=O) groups is 2. The molecule has 1 aliphatic heterocycles. The Morgan fingerprint density at radius 3 is 2.25 bits per heavy atom. The van der Waals surface area contributed by atoms with Crippen molar-refractivity contribution < 1.29 is 14.7 Å². The number of aromatic amines is 1. The molecule has 0 bridgehead atoms. The Labute approximate surface area is 290 Å².